The monoisotopic (exact) mass is 596 g/mol. The van der Waals surface area contributed by atoms with Crippen LogP contribution in [-0.4, -0.2) is 94.1 Å². The van der Waals surface area contributed by atoms with Crippen molar-refractivity contribution in [3.05, 3.63) is 55.1 Å². The average molecular weight is 598 g/mol. The molecule has 0 N–H and O–H groups in total. The van der Waals surface area contributed by atoms with E-state index in [9.17, 15) is 19.6 Å². The van der Waals surface area contributed by atoms with Crippen molar-refractivity contribution in [3.8, 4) is 0 Å². The highest BCUT2D eigenvalue weighted by Crippen LogP contribution is 2.25. The Bertz CT molecular complexity index is 1150. The van der Waals surface area contributed by atoms with Gasteiger partial charge < -0.3 is 24.8 Å². The smallest absolute Gasteiger partial charge is 0.410 e. The molecular formula is C26H32Cl2N5O5S-. The topological polar surface area (TPSA) is 109 Å². The number of hydrogen-bond acceptors (Lipinski definition) is 8. The molecule has 2 saturated heterocycles. The lowest BCUT2D eigenvalue weighted by molar-refractivity contribution is -0.136. The highest BCUT2D eigenvalue weighted by molar-refractivity contribution is 7.07. The van der Waals surface area contributed by atoms with Crippen molar-refractivity contribution in [2.75, 3.05) is 39.3 Å². The van der Waals surface area contributed by atoms with Gasteiger partial charge in [-0.2, -0.15) is 11.3 Å². The molecule has 4 heterocycles. The number of rotatable bonds is 10. The molecule has 0 spiro atoms. The number of aryl methyl sites for hydroxylation is 1. The highest BCUT2D eigenvalue weighted by atomic mass is 35.5. The van der Waals surface area contributed by atoms with E-state index in [-0.39, 0.29) is 47.0 Å². The number of carbonyl (C=O) groups excluding carboxylic acids is 3. The zero-order valence-electron chi connectivity index (χ0n) is 22.0. The summed E-state index contributed by atoms with van der Waals surface area (Å²) in [5, 5.41) is 17.1. The van der Waals surface area contributed by atoms with Gasteiger partial charge in [0.2, 0.25) is 11.8 Å². The third kappa shape index (κ3) is 7.40. The fourth-order valence-electron chi connectivity index (χ4n) is 5.03. The Kier molecular flexibility index (Phi) is 10.1. The van der Waals surface area contributed by atoms with Crippen LogP contribution < -0.4 is 0 Å². The SMILES string of the molecule is Cc1cc(Cl)nc(Cl)c1C(=O)N([O-])CC[C@@H](C)N1CCC(N(Cc2ccsc2)C(=O)CN2CCOC2=O)CC1. The summed E-state index contributed by atoms with van der Waals surface area (Å²) < 4.78 is 4.98. The molecule has 4 rings (SSSR count). The van der Waals surface area contributed by atoms with Gasteiger partial charge in [0, 0.05) is 38.3 Å². The zero-order valence-corrected chi connectivity index (χ0v) is 24.3. The maximum Gasteiger partial charge on any atom is 0.410 e. The van der Waals surface area contributed by atoms with E-state index >= 15 is 0 Å². The van der Waals surface area contributed by atoms with Gasteiger partial charge in [-0.1, -0.05) is 23.2 Å². The molecule has 2 aliphatic rings. The van der Waals surface area contributed by atoms with Gasteiger partial charge in [-0.05, 0) is 67.1 Å². The average Bonchev–Trinajstić information content (AvgIpc) is 3.56. The molecule has 2 aromatic rings. The van der Waals surface area contributed by atoms with Crippen molar-refractivity contribution in [2.45, 2.75) is 51.7 Å². The van der Waals surface area contributed by atoms with Gasteiger partial charge >= 0.3 is 6.09 Å². The minimum absolute atomic E-state index is 0.0135. The Labute approximate surface area is 242 Å². The van der Waals surface area contributed by atoms with E-state index in [2.05, 4.69) is 9.88 Å². The number of ether oxygens (including phenoxy) is 1. The van der Waals surface area contributed by atoms with Crippen LogP contribution in [0.5, 0.6) is 0 Å². The van der Waals surface area contributed by atoms with Gasteiger partial charge in [-0.15, -0.1) is 0 Å². The van der Waals surface area contributed by atoms with Crippen LogP contribution in [0.1, 0.15) is 47.7 Å². The summed E-state index contributed by atoms with van der Waals surface area (Å²) in [6.45, 7) is 6.47. The van der Waals surface area contributed by atoms with E-state index in [1.807, 2.05) is 28.7 Å². The molecule has 212 valence electrons. The Balaban J connectivity index is 1.31. The number of nitrogens with zero attached hydrogens (tertiary/aromatic N) is 5. The summed E-state index contributed by atoms with van der Waals surface area (Å²) in [5.41, 5.74) is 1.64. The minimum atomic E-state index is -0.725. The second-order valence-electron chi connectivity index (χ2n) is 9.93. The first kappa shape index (κ1) is 29.5. The lowest BCUT2D eigenvalue weighted by Gasteiger charge is -2.41. The number of amides is 3. The van der Waals surface area contributed by atoms with Gasteiger partial charge in [-0.25, -0.2) is 9.78 Å². The van der Waals surface area contributed by atoms with E-state index in [1.54, 1.807) is 18.3 Å². The Morgan fingerprint density at radius 2 is 2.03 bits per heavy atom. The first-order valence-electron chi connectivity index (χ1n) is 12.9. The normalized spacial score (nSPS) is 17.3. The number of cyclic esters (lactones) is 1. The van der Waals surface area contributed by atoms with Gasteiger partial charge in [0.05, 0.1) is 12.1 Å². The summed E-state index contributed by atoms with van der Waals surface area (Å²) >= 11 is 13.5. The van der Waals surface area contributed by atoms with Crippen molar-refractivity contribution in [2.24, 2.45) is 0 Å². The molecule has 0 aromatic carbocycles. The summed E-state index contributed by atoms with van der Waals surface area (Å²) in [6, 6.07) is 3.62. The number of piperidine rings is 1. The molecule has 2 fully saturated rings. The molecule has 10 nitrogen and oxygen atoms in total. The molecule has 3 amide bonds. The molecule has 0 saturated carbocycles. The minimum Gasteiger partial charge on any atom is -0.756 e. The van der Waals surface area contributed by atoms with E-state index in [0.717, 1.165) is 31.5 Å². The first-order chi connectivity index (χ1) is 18.6. The highest BCUT2D eigenvalue weighted by Gasteiger charge is 2.32. The van der Waals surface area contributed by atoms with Gasteiger partial charge in [-0.3, -0.25) is 14.5 Å². The Hall–Kier alpha value is -2.44. The molecule has 0 unspecified atom stereocenters. The summed E-state index contributed by atoms with van der Waals surface area (Å²) in [4.78, 5) is 47.4. The van der Waals surface area contributed by atoms with Crippen LogP contribution in [-0.2, 0) is 16.1 Å². The van der Waals surface area contributed by atoms with Crippen LogP contribution in [0.2, 0.25) is 10.3 Å². The third-order valence-electron chi connectivity index (χ3n) is 7.32. The number of thiophene rings is 1. The Morgan fingerprint density at radius 1 is 1.28 bits per heavy atom. The van der Waals surface area contributed by atoms with Crippen molar-refractivity contribution in [1.82, 2.24) is 24.7 Å². The molecular weight excluding hydrogens is 565 g/mol. The number of carbonyl (C=O) groups is 3. The molecule has 0 radical (unpaired) electrons. The van der Waals surface area contributed by atoms with Crippen molar-refractivity contribution in [3.63, 3.8) is 0 Å². The van der Waals surface area contributed by atoms with Crippen LogP contribution in [0.25, 0.3) is 0 Å². The maximum absolute atomic E-state index is 13.3. The van der Waals surface area contributed by atoms with Crippen LogP contribution >= 0.6 is 34.5 Å². The predicted octanol–water partition coefficient (Wildman–Crippen LogP) is 4.42. The van der Waals surface area contributed by atoms with E-state index in [1.165, 1.54) is 11.0 Å². The number of aromatic nitrogens is 1. The number of hydrogen-bond donors (Lipinski definition) is 0. The second kappa shape index (κ2) is 13.3. The number of halogens is 2. The zero-order chi connectivity index (χ0) is 28.1. The molecule has 39 heavy (non-hydrogen) atoms. The van der Waals surface area contributed by atoms with Gasteiger partial charge in [0.25, 0.3) is 0 Å². The predicted molar refractivity (Wildman–Crippen MR) is 150 cm³/mol. The quantitative estimate of drug-likeness (QED) is 0.295. The standard InChI is InChI=1S/C26H32Cl2N5O5S/c1-17-13-21(27)29-24(28)23(17)25(35)33(37)9-3-18(2)30-7-4-20(5-8-30)32(14-19-6-12-39-16-19)22(34)15-31-10-11-38-26(31)36/h6,12-13,16,18,20H,3-5,7-11,14-15H2,1-2H3/q-1/t18-/m1/s1. The number of hydroxylamine groups is 2. The van der Waals surface area contributed by atoms with Crippen LogP contribution in [0.4, 0.5) is 4.79 Å². The van der Waals surface area contributed by atoms with Gasteiger partial charge in [0.15, 0.2) is 0 Å². The lowest BCUT2D eigenvalue weighted by Crippen LogP contribution is -2.51. The maximum atomic E-state index is 13.3. The van der Waals surface area contributed by atoms with Gasteiger partial charge in [0.1, 0.15) is 23.5 Å². The summed E-state index contributed by atoms with van der Waals surface area (Å²) in [7, 11) is 0. The lowest BCUT2D eigenvalue weighted by atomic mass is 10.00. The fraction of sp³-hybridized carbons (Fsp3) is 0.538. The van der Waals surface area contributed by atoms with E-state index in [0.29, 0.717) is 36.7 Å². The van der Waals surface area contributed by atoms with Crippen LogP contribution in [0, 0.1) is 12.1 Å². The molecule has 1 atom stereocenters. The third-order valence-corrected chi connectivity index (χ3v) is 8.52. The van der Waals surface area contributed by atoms with Crippen molar-refractivity contribution in [1.29, 1.82) is 0 Å². The molecule has 2 aliphatic heterocycles. The number of pyridine rings is 1. The Morgan fingerprint density at radius 3 is 2.64 bits per heavy atom. The van der Waals surface area contributed by atoms with Crippen LogP contribution in [0.15, 0.2) is 22.9 Å². The fourth-order valence-corrected chi connectivity index (χ4v) is 6.30. The number of likely N-dealkylation sites (tertiary alicyclic amines) is 1. The molecule has 0 bridgehead atoms. The molecule has 2 aromatic heterocycles. The summed E-state index contributed by atoms with van der Waals surface area (Å²) in [6.07, 6.45) is 1.59. The first-order valence-corrected chi connectivity index (χ1v) is 14.6. The van der Waals surface area contributed by atoms with Crippen LogP contribution in [0.3, 0.4) is 0 Å². The largest absolute Gasteiger partial charge is 0.756 e. The molecule has 13 heteroatoms. The second-order valence-corrected chi connectivity index (χ2v) is 11.5. The van der Waals surface area contributed by atoms with Crippen molar-refractivity contribution < 1.29 is 19.1 Å². The van der Waals surface area contributed by atoms with E-state index < -0.39 is 12.0 Å². The van der Waals surface area contributed by atoms with Crippen molar-refractivity contribution >= 4 is 52.4 Å². The summed E-state index contributed by atoms with van der Waals surface area (Å²) in [5.74, 6) is -0.810. The van der Waals surface area contributed by atoms with E-state index in [4.69, 9.17) is 27.9 Å². The molecule has 0 aliphatic carbocycles.